The normalized spacial score (nSPS) is 18.1. The second kappa shape index (κ2) is 9.99. The third-order valence-corrected chi connectivity index (χ3v) is 14.5. The Bertz CT molecular complexity index is 2710. The van der Waals surface area contributed by atoms with Gasteiger partial charge in [-0.2, -0.15) is 0 Å². The van der Waals surface area contributed by atoms with Crippen LogP contribution in [-0.2, 0) is 16.2 Å². The number of nitrogens with zero attached hydrogens (tertiary/aromatic N) is 2. The zero-order chi connectivity index (χ0) is 35.5. The molecule has 0 fully saturated rings. The molecule has 0 radical (unpaired) electrons. The Morgan fingerprint density at radius 2 is 1.35 bits per heavy atom. The van der Waals surface area contributed by atoms with Crippen molar-refractivity contribution in [3.8, 4) is 11.1 Å². The minimum Gasteiger partial charge on any atom is -0.375 e. The predicted molar refractivity (Wildman–Crippen MR) is 225 cm³/mol. The van der Waals surface area contributed by atoms with E-state index in [4.69, 9.17) is 0 Å². The van der Waals surface area contributed by atoms with Crippen LogP contribution in [0.2, 0.25) is 0 Å². The summed E-state index contributed by atoms with van der Waals surface area (Å²) in [6.07, 6.45) is 2.40. The van der Waals surface area contributed by atoms with Crippen molar-refractivity contribution in [3.05, 3.63) is 137 Å². The highest BCUT2D eigenvalue weighted by atomic mass is 32.1. The molecule has 11 rings (SSSR count). The van der Waals surface area contributed by atoms with Crippen molar-refractivity contribution in [1.29, 1.82) is 0 Å². The van der Waals surface area contributed by atoms with Crippen LogP contribution in [0.3, 0.4) is 0 Å². The van der Waals surface area contributed by atoms with Gasteiger partial charge in [0.2, 0.25) is 0 Å². The number of para-hydroxylation sites is 2. The molecular weight excluding hydrogens is 647 g/mol. The van der Waals surface area contributed by atoms with Gasteiger partial charge in [0.15, 0.2) is 0 Å². The second-order valence-electron chi connectivity index (χ2n) is 17.7. The van der Waals surface area contributed by atoms with E-state index >= 15 is 0 Å². The average Bonchev–Trinajstić information content (AvgIpc) is 3.52. The summed E-state index contributed by atoms with van der Waals surface area (Å²) in [6.45, 7) is 16.9. The minimum absolute atomic E-state index is 0.0129. The van der Waals surface area contributed by atoms with Gasteiger partial charge in [-0.25, -0.2) is 0 Å². The summed E-state index contributed by atoms with van der Waals surface area (Å²) in [7, 11) is 0. The van der Waals surface area contributed by atoms with Gasteiger partial charge in [0.25, 0.3) is 0 Å². The summed E-state index contributed by atoms with van der Waals surface area (Å²) < 4.78 is 2.72. The van der Waals surface area contributed by atoms with Gasteiger partial charge in [-0.05, 0) is 105 Å². The van der Waals surface area contributed by atoms with Gasteiger partial charge >= 0.3 is 6.85 Å². The maximum atomic E-state index is 2.77. The van der Waals surface area contributed by atoms with Crippen LogP contribution >= 0.6 is 11.3 Å². The molecule has 254 valence electrons. The van der Waals surface area contributed by atoms with E-state index in [1.54, 1.807) is 0 Å². The van der Waals surface area contributed by atoms with E-state index in [1.807, 2.05) is 11.3 Å². The molecule has 0 bridgehead atoms. The Balaban J connectivity index is 1.30. The first-order chi connectivity index (χ1) is 25.0. The van der Waals surface area contributed by atoms with Crippen LogP contribution in [0, 0.1) is 6.92 Å². The number of anilines is 5. The summed E-state index contributed by atoms with van der Waals surface area (Å²) in [5.41, 5.74) is 19.3. The second-order valence-corrected chi connectivity index (χ2v) is 18.7. The lowest BCUT2D eigenvalue weighted by atomic mass is 9.42. The van der Waals surface area contributed by atoms with E-state index in [0.717, 1.165) is 0 Å². The van der Waals surface area contributed by atoms with Gasteiger partial charge in [-0.3, -0.25) is 0 Å². The summed E-state index contributed by atoms with van der Waals surface area (Å²) >= 11 is 1.96. The molecule has 1 aliphatic carbocycles. The van der Waals surface area contributed by atoms with Crippen LogP contribution in [0.25, 0.3) is 31.3 Å². The predicted octanol–water partition coefficient (Wildman–Crippen LogP) is 12.1. The van der Waals surface area contributed by atoms with Crippen molar-refractivity contribution < 1.29 is 0 Å². The van der Waals surface area contributed by atoms with Crippen LogP contribution in [0.5, 0.6) is 0 Å². The van der Waals surface area contributed by atoms with E-state index in [1.165, 1.54) is 111 Å². The quantitative estimate of drug-likeness (QED) is 0.158. The number of benzene rings is 6. The molecule has 52 heavy (non-hydrogen) atoms. The van der Waals surface area contributed by atoms with Crippen molar-refractivity contribution in [2.75, 3.05) is 9.71 Å². The molecule has 6 aromatic carbocycles. The standard InChI is InChI=1S/C48H43BN2S/c1-28-25-33-31-20-21-32-30-13-8-11-18-41(30)52-45(32)43(31)51(29-19-22-34-37(27-29)47(4,5)24-23-46(34,2)3)49-38-16-12-15-36-44(38)50(40(26-28)42(33)49)39-17-10-9-14-35(39)48(36,6)7/h8-22,25-27H,23-24H2,1-7H3. The van der Waals surface area contributed by atoms with Crippen LogP contribution in [0.1, 0.15) is 82.2 Å². The van der Waals surface area contributed by atoms with E-state index in [-0.39, 0.29) is 23.1 Å². The number of aryl methyl sites for hydroxylation is 1. The Morgan fingerprint density at radius 3 is 2.19 bits per heavy atom. The van der Waals surface area contributed by atoms with Gasteiger partial charge in [-0.15, -0.1) is 11.3 Å². The highest BCUT2D eigenvalue weighted by Gasteiger charge is 2.50. The van der Waals surface area contributed by atoms with Gasteiger partial charge < -0.3 is 9.71 Å². The Labute approximate surface area is 311 Å². The molecular formula is C48H43BN2S. The molecule has 0 atom stereocenters. The summed E-state index contributed by atoms with van der Waals surface area (Å²) in [6, 6.07) is 42.5. The third kappa shape index (κ3) is 3.81. The number of rotatable bonds is 1. The van der Waals surface area contributed by atoms with Gasteiger partial charge in [0.05, 0.1) is 16.1 Å². The molecule has 0 saturated heterocycles. The monoisotopic (exact) mass is 690 g/mol. The SMILES string of the molecule is Cc1cc2c3c(c1)N1c4ccccc4C(C)(C)c4cccc(c41)B3N(c1ccc3c(c1)C(C)(C)CCC3(C)C)c1c-2ccc2c1sc1ccccc12. The maximum absolute atomic E-state index is 2.77. The Kier molecular flexibility index (Phi) is 5.92. The van der Waals surface area contributed by atoms with E-state index in [2.05, 4.69) is 167 Å². The fourth-order valence-electron chi connectivity index (χ4n) is 10.5. The smallest absolute Gasteiger partial charge is 0.333 e. The highest BCUT2D eigenvalue weighted by Crippen LogP contribution is 2.57. The third-order valence-electron chi connectivity index (χ3n) is 13.3. The average molecular weight is 691 g/mol. The van der Waals surface area contributed by atoms with Crippen molar-refractivity contribution in [3.63, 3.8) is 0 Å². The molecule has 7 aromatic rings. The van der Waals surface area contributed by atoms with Crippen LogP contribution in [0.15, 0.2) is 109 Å². The van der Waals surface area contributed by atoms with Crippen molar-refractivity contribution in [2.24, 2.45) is 0 Å². The molecule has 4 heteroatoms. The molecule has 1 aromatic heterocycles. The first-order valence-electron chi connectivity index (χ1n) is 19.0. The first-order valence-corrected chi connectivity index (χ1v) is 19.8. The van der Waals surface area contributed by atoms with Crippen molar-refractivity contribution in [1.82, 2.24) is 0 Å². The van der Waals surface area contributed by atoms with Crippen LogP contribution in [0.4, 0.5) is 28.4 Å². The zero-order valence-electron chi connectivity index (χ0n) is 31.2. The Morgan fingerprint density at radius 1 is 0.596 bits per heavy atom. The van der Waals surface area contributed by atoms with Crippen molar-refractivity contribution >= 4 is 77.7 Å². The molecule has 0 N–H and O–H groups in total. The lowest BCUT2D eigenvalue weighted by Gasteiger charge is -2.51. The van der Waals surface area contributed by atoms with Crippen LogP contribution in [-0.4, -0.2) is 6.85 Å². The lowest BCUT2D eigenvalue weighted by molar-refractivity contribution is 0.332. The molecule has 0 amide bonds. The molecule has 2 nitrogen and oxygen atoms in total. The summed E-state index contributed by atoms with van der Waals surface area (Å²) in [5, 5.41) is 2.70. The fourth-order valence-corrected chi connectivity index (χ4v) is 11.8. The number of fused-ring (bicyclic) bond motifs is 11. The first kappa shape index (κ1) is 30.8. The van der Waals surface area contributed by atoms with Crippen molar-refractivity contribution in [2.45, 2.75) is 77.6 Å². The van der Waals surface area contributed by atoms with E-state index in [9.17, 15) is 0 Å². The molecule has 0 saturated carbocycles. The lowest BCUT2D eigenvalue weighted by Crippen LogP contribution is -2.62. The summed E-state index contributed by atoms with van der Waals surface area (Å²) in [5.74, 6) is 0. The van der Waals surface area contributed by atoms with E-state index < -0.39 is 0 Å². The summed E-state index contributed by atoms with van der Waals surface area (Å²) in [4.78, 5) is 5.39. The topological polar surface area (TPSA) is 6.48 Å². The maximum Gasteiger partial charge on any atom is 0.333 e. The molecule has 0 spiro atoms. The number of thiophene rings is 1. The number of hydrogen-bond acceptors (Lipinski definition) is 3. The fraction of sp³-hybridized carbons (Fsp3) is 0.250. The molecule has 4 aliphatic rings. The van der Waals surface area contributed by atoms with Gasteiger partial charge in [0, 0.05) is 43.5 Å². The van der Waals surface area contributed by atoms with Gasteiger partial charge in [0.1, 0.15) is 0 Å². The minimum atomic E-state index is -0.139. The Hall–Kier alpha value is -4.80. The largest absolute Gasteiger partial charge is 0.375 e. The number of hydrogen-bond donors (Lipinski definition) is 0. The molecule has 3 aliphatic heterocycles. The van der Waals surface area contributed by atoms with Crippen LogP contribution < -0.4 is 20.6 Å². The zero-order valence-corrected chi connectivity index (χ0v) is 32.0. The van der Waals surface area contributed by atoms with E-state index in [0.29, 0.717) is 0 Å². The van der Waals surface area contributed by atoms with Gasteiger partial charge in [-0.1, -0.05) is 120 Å². The highest BCUT2D eigenvalue weighted by molar-refractivity contribution is 7.26. The molecule has 0 unspecified atom stereocenters. The molecule has 4 heterocycles.